The van der Waals surface area contributed by atoms with Gasteiger partial charge in [-0.3, -0.25) is 9.78 Å². The zero-order valence-electron chi connectivity index (χ0n) is 20.4. The molecule has 1 aromatic carbocycles. The van der Waals surface area contributed by atoms with Crippen LogP contribution in [0.1, 0.15) is 28.5 Å². The summed E-state index contributed by atoms with van der Waals surface area (Å²) < 4.78 is 50.3. The van der Waals surface area contributed by atoms with Crippen LogP contribution in [-0.2, 0) is 10.9 Å². The molecule has 11 heteroatoms. The number of carbonyl (C=O) groups is 1. The molecular weight excluding hydrogens is 489 g/mol. The Morgan fingerprint density at radius 2 is 1.95 bits per heavy atom. The van der Waals surface area contributed by atoms with E-state index >= 15 is 0 Å². The maximum absolute atomic E-state index is 13.0. The Labute approximate surface area is 212 Å². The molecule has 1 fully saturated rings. The molecule has 0 bridgehead atoms. The summed E-state index contributed by atoms with van der Waals surface area (Å²) in [5, 5.41) is 12.1. The number of pyridine rings is 2. The molecule has 3 aromatic rings. The van der Waals surface area contributed by atoms with Crippen molar-refractivity contribution in [1.29, 1.82) is 0 Å². The Balaban J connectivity index is 1.66. The van der Waals surface area contributed by atoms with Crippen LogP contribution in [0.25, 0.3) is 11.1 Å². The van der Waals surface area contributed by atoms with Crippen molar-refractivity contribution in [3.8, 4) is 17.0 Å². The maximum Gasteiger partial charge on any atom is 0.433 e. The molecule has 2 aromatic heterocycles. The van der Waals surface area contributed by atoms with E-state index in [4.69, 9.17) is 9.47 Å². The van der Waals surface area contributed by atoms with Crippen LogP contribution >= 0.6 is 0 Å². The van der Waals surface area contributed by atoms with Gasteiger partial charge in [-0.05, 0) is 60.9 Å². The summed E-state index contributed by atoms with van der Waals surface area (Å²) in [6.45, 7) is 5.92. The smallest absolute Gasteiger partial charge is 0.433 e. The van der Waals surface area contributed by atoms with Gasteiger partial charge in [0, 0.05) is 36.6 Å². The van der Waals surface area contributed by atoms with E-state index in [-0.39, 0.29) is 12.2 Å². The number of nitrogens with zero attached hydrogens (tertiary/aromatic N) is 3. The fraction of sp³-hybridized carbons (Fsp3) is 0.346. The zero-order valence-corrected chi connectivity index (χ0v) is 20.4. The lowest BCUT2D eigenvalue weighted by atomic mass is 10.00. The van der Waals surface area contributed by atoms with E-state index in [1.54, 1.807) is 25.1 Å². The molecule has 0 saturated carbocycles. The van der Waals surface area contributed by atoms with Gasteiger partial charge in [0.15, 0.2) is 0 Å². The number of rotatable bonds is 7. The van der Waals surface area contributed by atoms with E-state index in [1.165, 1.54) is 6.07 Å². The Bertz CT molecular complexity index is 1260. The molecule has 1 aliphatic heterocycles. The summed E-state index contributed by atoms with van der Waals surface area (Å²) >= 11 is 0. The van der Waals surface area contributed by atoms with Crippen molar-refractivity contribution < 1.29 is 32.5 Å². The highest BCUT2D eigenvalue weighted by atomic mass is 19.4. The van der Waals surface area contributed by atoms with E-state index < -0.39 is 23.9 Å². The van der Waals surface area contributed by atoms with Crippen molar-refractivity contribution in [3.63, 3.8) is 0 Å². The molecule has 8 nitrogen and oxygen atoms in total. The minimum Gasteiger partial charge on any atom is -0.472 e. The number of aliphatic hydroxyl groups excluding tert-OH is 1. The monoisotopic (exact) mass is 516 g/mol. The topological polar surface area (TPSA) is 96.8 Å². The summed E-state index contributed by atoms with van der Waals surface area (Å²) in [7, 11) is 0. The number of anilines is 2. The zero-order chi connectivity index (χ0) is 26.6. The fourth-order valence-electron chi connectivity index (χ4n) is 3.85. The number of carbonyl (C=O) groups excluding carboxylic acids is 1. The van der Waals surface area contributed by atoms with Crippen LogP contribution in [0.5, 0.6) is 5.88 Å². The summed E-state index contributed by atoms with van der Waals surface area (Å²) in [6, 6.07) is 10.8. The molecule has 196 valence electrons. The lowest BCUT2D eigenvalue weighted by Gasteiger charge is -2.28. The van der Waals surface area contributed by atoms with Gasteiger partial charge >= 0.3 is 6.18 Å². The van der Waals surface area contributed by atoms with Crippen molar-refractivity contribution in [2.75, 3.05) is 43.1 Å². The van der Waals surface area contributed by atoms with Crippen LogP contribution < -0.4 is 15.0 Å². The van der Waals surface area contributed by atoms with Crippen molar-refractivity contribution >= 4 is 17.4 Å². The van der Waals surface area contributed by atoms with E-state index in [9.17, 15) is 23.1 Å². The number of benzene rings is 1. The van der Waals surface area contributed by atoms with Crippen LogP contribution in [0.4, 0.5) is 24.7 Å². The van der Waals surface area contributed by atoms with Crippen molar-refractivity contribution in [2.24, 2.45) is 0 Å². The van der Waals surface area contributed by atoms with Crippen molar-refractivity contribution in [2.45, 2.75) is 26.1 Å². The summed E-state index contributed by atoms with van der Waals surface area (Å²) in [5.41, 5.74) is 1.57. The lowest BCUT2D eigenvalue weighted by Crippen LogP contribution is -2.36. The summed E-state index contributed by atoms with van der Waals surface area (Å²) in [6.07, 6.45) is -4.16. The molecule has 1 saturated heterocycles. The Morgan fingerprint density at radius 3 is 2.65 bits per heavy atom. The standard InChI is InChI=1S/C26H27F3N4O4/c1-16-3-4-20(31-25(35)18-5-6-30-22(11-18)26(27,28)29)14-21(16)19-12-23(33-7-9-36-10-8-33)32-24(13-19)37-17(2)15-34/h3-6,11-14,17,34H,7-10,15H2,1-2H3,(H,31,35)/t17-/m0/s1. The molecule has 0 spiro atoms. The minimum absolute atomic E-state index is 0.156. The van der Waals surface area contributed by atoms with E-state index in [1.807, 2.05) is 19.1 Å². The first-order chi connectivity index (χ1) is 17.6. The normalized spacial score (nSPS) is 14.8. The molecule has 3 heterocycles. The highest BCUT2D eigenvalue weighted by Crippen LogP contribution is 2.33. The van der Waals surface area contributed by atoms with Gasteiger partial charge in [0.1, 0.15) is 17.6 Å². The van der Waals surface area contributed by atoms with Gasteiger partial charge in [0.2, 0.25) is 5.88 Å². The number of aliphatic hydroxyl groups is 1. The number of amides is 1. The largest absolute Gasteiger partial charge is 0.472 e. The van der Waals surface area contributed by atoms with E-state index in [0.29, 0.717) is 49.8 Å². The SMILES string of the molecule is Cc1ccc(NC(=O)c2ccnc(C(F)(F)F)c2)cc1-c1cc(O[C@@H](C)CO)nc(N2CCOCC2)c1. The second-order valence-electron chi connectivity index (χ2n) is 8.67. The number of aryl methyl sites for hydroxylation is 1. The predicted molar refractivity (Wildman–Crippen MR) is 132 cm³/mol. The van der Waals surface area contributed by atoms with Crippen LogP contribution in [-0.4, -0.2) is 60.0 Å². The molecule has 1 amide bonds. The molecule has 1 aliphatic rings. The number of hydrogen-bond acceptors (Lipinski definition) is 7. The van der Waals surface area contributed by atoms with Gasteiger partial charge in [-0.1, -0.05) is 6.07 Å². The van der Waals surface area contributed by atoms with Crippen molar-refractivity contribution in [1.82, 2.24) is 9.97 Å². The second kappa shape index (κ2) is 11.1. The lowest BCUT2D eigenvalue weighted by molar-refractivity contribution is -0.141. The molecule has 4 rings (SSSR count). The minimum atomic E-state index is -4.65. The molecular formula is C26H27F3N4O4. The molecule has 37 heavy (non-hydrogen) atoms. The van der Waals surface area contributed by atoms with Crippen LogP contribution in [0, 0.1) is 6.92 Å². The van der Waals surface area contributed by atoms with E-state index in [2.05, 4.69) is 20.2 Å². The molecule has 0 aliphatic carbocycles. The van der Waals surface area contributed by atoms with Gasteiger partial charge < -0.3 is 24.8 Å². The number of alkyl halides is 3. The number of hydrogen-bond donors (Lipinski definition) is 2. The Morgan fingerprint density at radius 1 is 1.19 bits per heavy atom. The Hall–Kier alpha value is -3.70. The third-order valence-corrected chi connectivity index (χ3v) is 5.82. The Kier molecular flexibility index (Phi) is 7.94. The first-order valence-corrected chi connectivity index (χ1v) is 11.7. The quantitative estimate of drug-likeness (QED) is 0.483. The summed E-state index contributed by atoms with van der Waals surface area (Å²) in [4.78, 5) is 22.7. The predicted octanol–water partition coefficient (Wildman–Crippen LogP) is 4.32. The first kappa shape index (κ1) is 26.4. The number of ether oxygens (including phenoxy) is 2. The third kappa shape index (κ3) is 6.55. The van der Waals surface area contributed by atoms with E-state index in [0.717, 1.165) is 22.9 Å². The highest BCUT2D eigenvalue weighted by molar-refractivity contribution is 6.04. The average molecular weight is 517 g/mol. The number of nitrogens with one attached hydrogen (secondary N) is 1. The molecule has 0 radical (unpaired) electrons. The van der Waals surface area contributed by atoms with Gasteiger partial charge in [-0.15, -0.1) is 0 Å². The fourth-order valence-corrected chi connectivity index (χ4v) is 3.85. The van der Waals surface area contributed by atoms with Gasteiger partial charge in [-0.2, -0.15) is 18.2 Å². The molecule has 2 N–H and O–H groups in total. The third-order valence-electron chi connectivity index (χ3n) is 5.82. The van der Waals surface area contributed by atoms with Crippen LogP contribution in [0.15, 0.2) is 48.7 Å². The second-order valence-corrected chi connectivity index (χ2v) is 8.67. The highest BCUT2D eigenvalue weighted by Gasteiger charge is 2.33. The summed E-state index contributed by atoms with van der Waals surface area (Å²) in [5.74, 6) is 0.337. The van der Waals surface area contributed by atoms with Crippen LogP contribution in [0.2, 0.25) is 0 Å². The number of halogens is 3. The van der Waals surface area contributed by atoms with Crippen molar-refractivity contribution in [3.05, 3.63) is 65.5 Å². The maximum atomic E-state index is 13.0. The van der Waals surface area contributed by atoms with Gasteiger partial charge in [0.05, 0.1) is 19.8 Å². The number of morpholine rings is 1. The first-order valence-electron chi connectivity index (χ1n) is 11.7. The van der Waals surface area contributed by atoms with Gasteiger partial charge in [0.25, 0.3) is 5.91 Å². The molecule has 0 unspecified atom stereocenters. The average Bonchev–Trinajstić information content (AvgIpc) is 2.89. The van der Waals surface area contributed by atoms with Crippen LogP contribution in [0.3, 0.4) is 0 Å². The van der Waals surface area contributed by atoms with Gasteiger partial charge in [-0.25, -0.2) is 0 Å². The number of aromatic nitrogens is 2. The molecule has 1 atom stereocenters.